The minimum Gasteiger partial charge on any atom is -0.489 e. The maximum Gasteiger partial charge on any atom is 0.416 e. The van der Waals surface area contributed by atoms with Crippen molar-refractivity contribution in [2.24, 2.45) is 0 Å². The quantitative estimate of drug-likeness (QED) is 0.762. The van der Waals surface area contributed by atoms with Crippen molar-refractivity contribution in [3.63, 3.8) is 0 Å². The fourth-order valence-corrected chi connectivity index (χ4v) is 2.17. The second kappa shape index (κ2) is 7.68. The van der Waals surface area contributed by atoms with Crippen LogP contribution in [0.5, 0.6) is 5.75 Å². The number of carbonyl (C=O) groups is 1. The number of ether oxygens (including phenoxy) is 2. The van der Waals surface area contributed by atoms with Crippen molar-refractivity contribution in [1.29, 1.82) is 0 Å². The molecule has 0 radical (unpaired) electrons. The summed E-state index contributed by atoms with van der Waals surface area (Å²) in [7, 11) is 0. The van der Waals surface area contributed by atoms with E-state index in [2.05, 4.69) is 5.32 Å². The number of rotatable bonds is 4. The van der Waals surface area contributed by atoms with E-state index in [0.717, 1.165) is 6.07 Å². The topological polar surface area (TPSA) is 47.6 Å². The zero-order valence-electron chi connectivity index (χ0n) is 14.7. The van der Waals surface area contributed by atoms with Crippen molar-refractivity contribution >= 4 is 11.8 Å². The van der Waals surface area contributed by atoms with Crippen molar-refractivity contribution in [2.75, 3.05) is 5.32 Å². The first-order valence-electron chi connectivity index (χ1n) is 7.92. The van der Waals surface area contributed by atoms with Gasteiger partial charge in [-0.1, -0.05) is 24.3 Å². The fourth-order valence-electron chi connectivity index (χ4n) is 2.17. The molecule has 0 aliphatic rings. The number of benzene rings is 2. The predicted molar refractivity (Wildman–Crippen MR) is 92.1 cm³/mol. The van der Waals surface area contributed by atoms with E-state index in [1.54, 1.807) is 39.0 Å². The van der Waals surface area contributed by atoms with E-state index in [1.807, 2.05) is 0 Å². The van der Waals surface area contributed by atoms with Crippen LogP contribution in [0.25, 0.3) is 0 Å². The molecule has 0 unspecified atom stereocenters. The molecule has 2 aromatic rings. The lowest BCUT2D eigenvalue weighted by Gasteiger charge is -2.19. The van der Waals surface area contributed by atoms with Gasteiger partial charge in [0.25, 0.3) is 0 Å². The van der Waals surface area contributed by atoms with Gasteiger partial charge in [0.2, 0.25) is 0 Å². The molecule has 1 amide bonds. The number of anilines is 1. The fraction of sp³-hybridized carbons (Fsp3) is 0.316. The van der Waals surface area contributed by atoms with Crippen LogP contribution >= 0.6 is 0 Å². The molecule has 0 atom stereocenters. The Morgan fingerprint density at radius 2 is 1.73 bits per heavy atom. The van der Waals surface area contributed by atoms with Crippen LogP contribution in [0.1, 0.15) is 31.9 Å². The standard InChI is InChI=1S/C19H20F3NO3/c1-18(2,3)26-17(24)23-14-8-6-9-15(11-14)25-12-13-7-4-5-10-16(13)19(20,21)22/h4-11H,12H2,1-3H3,(H,23,24). The smallest absolute Gasteiger partial charge is 0.416 e. The Balaban J connectivity index is 2.05. The van der Waals surface area contributed by atoms with Crippen LogP contribution in [0.2, 0.25) is 0 Å². The molecule has 0 saturated carbocycles. The lowest BCUT2D eigenvalue weighted by atomic mass is 10.1. The second-order valence-corrected chi connectivity index (χ2v) is 6.60. The molecule has 2 aromatic carbocycles. The van der Waals surface area contributed by atoms with Gasteiger partial charge in [-0.3, -0.25) is 5.32 Å². The van der Waals surface area contributed by atoms with Crippen molar-refractivity contribution in [3.05, 3.63) is 59.7 Å². The molecule has 0 bridgehead atoms. The van der Waals surface area contributed by atoms with Crippen LogP contribution in [0, 0.1) is 0 Å². The van der Waals surface area contributed by atoms with Gasteiger partial charge in [0, 0.05) is 17.3 Å². The maximum absolute atomic E-state index is 13.0. The molecule has 4 nitrogen and oxygen atoms in total. The highest BCUT2D eigenvalue weighted by molar-refractivity contribution is 5.85. The molecule has 0 spiro atoms. The Kier molecular flexibility index (Phi) is 5.79. The van der Waals surface area contributed by atoms with Crippen molar-refractivity contribution < 1.29 is 27.4 Å². The summed E-state index contributed by atoms with van der Waals surface area (Å²) in [6.07, 6.45) is -5.07. The number of hydrogen-bond donors (Lipinski definition) is 1. The summed E-state index contributed by atoms with van der Waals surface area (Å²) in [6.45, 7) is 4.98. The third-order valence-electron chi connectivity index (χ3n) is 3.20. The van der Waals surface area contributed by atoms with E-state index in [4.69, 9.17) is 9.47 Å². The lowest BCUT2D eigenvalue weighted by molar-refractivity contribution is -0.138. The summed E-state index contributed by atoms with van der Waals surface area (Å²) >= 11 is 0. The van der Waals surface area contributed by atoms with Crippen molar-refractivity contribution in [2.45, 2.75) is 39.2 Å². The zero-order valence-corrected chi connectivity index (χ0v) is 14.7. The van der Waals surface area contributed by atoms with Gasteiger partial charge in [-0.2, -0.15) is 13.2 Å². The molecule has 2 rings (SSSR count). The van der Waals surface area contributed by atoms with E-state index in [1.165, 1.54) is 24.3 Å². The zero-order chi connectivity index (χ0) is 19.4. The summed E-state index contributed by atoms with van der Waals surface area (Å²) in [5, 5.41) is 2.55. The van der Waals surface area contributed by atoms with Gasteiger partial charge in [-0.25, -0.2) is 4.79 Å². The minimum atomic E-state index is -4.44. The molecule has 140 valence electrons. The predicted octanol–water partition coefficient (Wildman–Crippen LogP) is 5.63. The SMILES string of the molecule is CC(C)(C)OC(=O)Nc1cccc(OCc2ccccc2C(F)(F)F)c1. The van der Waals surface area contributed by atoms with Crippen LogP contribution in [-0.4, -0.2) is 11.7 Å². The Hall–Kier alpha value is -2.70. The minimum absolute atomic E-state index is 0.0329. The number of hydrogen-bond acceptors (Lipinski definition) is 3. The third kappa shape index (κ3) is 5.98. The summed E-state index contributed by atoms with van der Waals surface area (Å²) in [5.41, 5.74) is -0.922. The van der Waals surface area contributed by atoms with Gasteiger partial charge in [-0.05, 0) is 39.0 Å². The van der Waals surface area contributed by atoms with E-state index >= 15 is 0 Å². The second-order valence-electron chi connectivity index (χ2n) is 6.60. The Morgan fingerprint density at radius 3 is 2.38 bits per heavy atom. The van der Waals surface area contributed by atoms with Gasteiger partial charge in [0.15, 0.2) is 0 Å². The summed E-state index contributed by atoms with van der Waals surface area (Å²) in [4.78, 5) is 11.8. The Morgan fingerprint density at radius 1 is 1.04 bits per heavy atom. The maximum atomic E-state index is 13.0. The average Bonchev–Trinajstić information content (AvgIpc) is 2.51. The van der Waals surface area contributed by atoms with Crippen molar-refractivity contribution in [3.8, 4) is 5.75 Å². The first kappa shape index (κ1) is 19.6. The summed E-state index contributed by atoms with van der Waals surface area (Å²) in [5.74, 6) is 0.329. The molecule has 0 aliphatic carbocycles. The molecule has 0 fully saturated rings. The van der Waals surface area contributed by atoms with E-state index in [9.17, 15) is 18.0 Å². The third-order valence-corrected chi connectivity index (χ3v) is 3.20. The molecule has 26 heavy (non-hydrogen) atoms. The Bertz CT molecular complexity index is 767. The van der Waals surface area contributed by atoms with E-state index in [-0.39, 0.29) is 12.2 Å². The van der Waals surface area contributed by atoms with Gasteiger partial charge < -0.3 is 9.47 Å². The largest absolute Gasteiger partial charge is 0.489 e. The normalized spacial score (nSPS) is 11.8. The monoisotopic (exact) mass is 367 g/mol. The first-order chi connectivity index (χ1) is 12.0. The van der Waals surface area contributed by atoms with Crippen LogP contribution in [-0.2, 0) is 17.5 Å². The van der Waals surface area contributed by atoms with Crippen LogP contribution in [0.15, 0.2) is 48.5 Å². The van der Waals surface area contributed by atoms with Crippen LogP contribution in [0.3, 0.4) is 0 Å². The highest BCUT2D eigenvalue weighted by Gasteiger charge is 2.32. The molecule has 7 heteroatoms. The lowest BCUT2D eigenvalue weighted by Crippen LogP contribution is -2.27. The number of alkyl halides is 3. The van der Waals surface area contributed by atoms with Gasteiger partial charge in [-0.15, -0.1) is 0 Å². The van der Waals surface area contributed by atoms with Crippen molar-refractivity contribution in [1.82, 2.24) is 0 Å². The number of amides is 1. The van der Waals surface area contributed by atoms with Gasteiger partial charge in [0.05, 0.1) is 5.56 Å². The summed E-state index contributed by atoms with van der Waals surface area (Å²) in [6, 6.07) is 11.6. The van der Waals surface area contributed by atoms with Crippen LogP contribution in [0.4, 0.5) is 23.7 Å². The Labute approximate surface area is 149 Å². The molecule has 0 saturated heterocycles. The highest BCUT2D eigenvalue weighted by Crippen LogP contribution is 2.32. The number of nitrogens with one attached hydrogen (secondary N) is 1. The van der Waals surface area contributed by atoms with E-state index in [0.29, 0.717) is 11.4 Å². The van der Waals surface area contributed by atoms with E-state index < -0.39 is 23.4 Å². The van der Waals surface area contributed by atoms with Gasteiger partial charge >= 0.3 is 12.3 Å². The summed E-state index contributed by atoms with van der Waals surface area (Å²) < 4.78 is 49.6. The number of halogens is 3. The molecule has 0 aromatic heterocycles. The van der Waals surface area contributed by atoms with Gasteiger partial charge in [0.1, 0.15) is 18.0 Å². The molecular formula is C19H20F3NO3. The molecular weight excluding hydrogens is 347 g/mol. The molecule has 0 aliphatic heterocycles. The highest BCUT2D eigenvalue weighted by atomic mass is 19.4. The molecule has 1 N–H and O–H groups in total. The average molecular weight is 367 g/mol. The number of carbonyl (C=O) groups excluding carboxylic acids is 1. The van der Waals surface area contributed by atoms with Crippen LogP contribution < -0.4 is 10.1 Å². The first-order valence-corrected chi connectivity index (χ1v) is 7.92. The molecule has 0 heterocycles.